The van der Waals surface area contributed by atoms with Crippen molar-refractivity contribution in [1.29, 1.82) is 0 Å². The van der Waals surface area contributed by atoms with Gasteiger partial charge in [-0.3, -0.25) is 9.59 Å². The van der Waals surface area contributed by atoms with Crippen molar-refractivity contribution in [2.45, 2.75) is 6.42 Å². The van der Waals surface area contributed by atoms with Gasteiger partial charge in [-0.05, 0) is 73.3 Å². The predicted molar refractivity (Wildman–Crippen MR) is 111 cm³/mol. The van der Waals surface area contributed by atoms with Gasteiger partial charge in [-0.1, -0.05) is 24.3 Å². The number of rotatable bonds is 7. The van der Waals surface area contributed by atoms with Crippen LogP contribution >= 0.6 is 31.9 Å². The molecular formula is C20H16Br2O5. The fraction of sp³-hybridized carbons (Fsp3) is 0.100. The second-order valence-electron chi connectivity index (χ2n) is 5.51. The summed E-state index contributed by atoms with van der Waals surface area (Å²) in [6.07, 6.45) is 5.48. The van der Waals surface area contributed by atoms with Crippen molar-refractivity contribution in [3.05, 3.63) is 62.6 Å². The molecule has 0 saturated carbocycles. The maximum Gasteiger partial charge on any atom is 0.173 e. The summed E-state index contributed by atoms with van der Waals surface area (Å²) in [5, 5.41) is 19.1. The molecule has 0 atom stereocenters. The van der Waals surface area contributed by atoms with Crippen LogP contribution < -0.4 is 4.74 Å². The topological polar surface area (TPSA) is 83.8 Å². The van der Waals surface area contributed by atoms with Gasteiger partial charge in [0.2, 0.25) is 0 Å². The molecular weight excluding hydrogens is 480 g/mol. The van der Waals surface area contributed by atoms with Crippen LogP contribution in [0.1, 0.15) is 17.5 Å². The maximum absolute atomic E-state index is 12.0. The minimum atomic E-state index is -0.356. The van der Waals surface area contributed by atoms with Gasteiger partial charge in [0.15, 0.2) is 23.1 Å². The molecule has 7 heteroatoms. The lowest BCUT2D eigenvalue weighted by Gasteiger charge is -2.09. The van der Waals surface area contributed by atoms with Crippen molar-refractivity contribution >= 4 is 55.6 Å². The zero-order chi connectivity index (χ0) is 20.0. The van der Waals surface area contributed by atoms with Crippen LogP contribution in [0.2, 0.25) is 0 Å². The van der Waals surface area contributed by atoms with E-state index >= 15 is 0 Å². The predicted octanol–water partition coefficient (Wildman–Crippen LogP) is 4.89. The highest BCUT2D eigenvalue weighted by atomic mass is 79.9. The number of benzene rings is 2. The number of methoxy groups -OCH3 is 1. The molecule has 0 fully saturated rings. The van der Waals surface area contributed by atoms with Crippen molar-refractivity contribution in [3.8, 4) is 17.2 Å². The van der Waals surface area contributed by atoms with Crippen LogP contribution in [0.15, 0.2) is 51.4 Å². The Morgan fingerprint density at radius 2 is 1.59 bits per heavy atom. The Labute approximate surface area is 173 Å². The van der Waals surface area contributed by atoms with Gasteiger partial charge < -0.3 is 14.9 Å². The molecule has 0 radical (unpaired) electrons. The number of allylic oxidation sites excluding steroid dienone is 2. The minimum Gasteiger partial charge on any atom is -0.508 e. The quantitative estimate of drug-likeness (QED) is 0.422. The SMILES string of the molecule is COc1cc(C=CC(=O)CC(=O)C=Cc2ccc(O)cc2)c(Br)c(Br)c1O. The normalized spacial score (nSPS) is 11.2. The number of phenols is 2. The van der Waals surface area contributed by atoms with Gasteiger partial charge in [-0.2, -0.15) is 0 Å². The molecule has 2 N–H and O–H groups in total. The molecule has 0 aliphatic carbocycles. The number of halogens is 2. The smallest absolute Gasteiger partial charge is 0.173 e. The Bertz CT molecular complexity index is 915. The van der Waals surface area contributed by atoms with E-state index in [1.54, 1.807) is 24.3 Å². The number of hydrogen-bond donors (Lipinski definition) is 2. The number of ketones is 2. The third-order valence-electron chi connectivity index (χ3n) is 3.55. The minimum absolute atomic E-state index is 0.0533. The monoisotopic (exact) mass is 494 g/mol. The molecule has 2 aromatic rings. The molecule has 0 amide bonds. The second-order valence-corrected chi connectivity index (χ2v) is 7.10. The number of carbonyl (C=O) groups excluding carboxylic acids is 2. The van der Waals surface area contributed by atoms with E-state index in [4.69, 9.17) is 4.74 Å². The Hall–Kier alpha value is -2.38. The van der Waals surface area contributed by atoms with Gasteiger partial charge in [-0.25, -0.2) is 0 Å². The van der Waals surface area contributed by atoms with Crippen LogP contribution in [-0.2, 0) is 9.59 Å². The van der Waals surface area contributed by atoms with Gasteiger partial charge in [0.1, 0.15) is 5.75 Å². The van der Waals surface area contributed by atoms with Crippen LogP contribution in [0, 0.1) is 0 Å². The summed E-state index contributed by atoms with van der Waals surface area (Å²) < 4.78 is 6.04. The molecule has 27 heavy (non-hydrogen) atoms. The molecule has 0 spiro atoms. The molecule has 2 aromatic carbocycles. The number of phenolic OH excluding ortho intramolecular Hbond substituents is 2. The lowest BCUT2D eigenvalue weighted by Crippen LogP contribution is -2.02. The molecule has 0 aliphatic heterocycles. The molecule has 0 bridgehead atoms. The Morgan fingerprint density at radius 1 is 1.00 bits per heavy atom. The third kappa shape index (κ3) is 5.80. The van der Waals surface area contributed by atoms with Crippen LogP contribution in [0.5, 0.6) is 17.2 Å². The molecule has 0 aromatic heterocycles. The summed E-state index contributed by atoms with van der Waals surface area (Å²) in [6.45, 7) is 0. The molecule has 0 saturated heterocycles. The second kappa shape index (κ2) is 9.53. The summed E-state index contributed by atoms with van der Waals surface area (Å²) >= 11 is 6.57. The van der Waals surface area contributed by atoms with E-state index in [-0.39, 0.29) is 35.2 Å². The highest BCUT2D eigenvalue weighted by molar-refractivity contribution is 9.13. The van der Waals surface area contributed by atoms with Gasteiger partial charge in [0.25, 0.3) is 0 Å². The van der Waals surface area contributed by atoms with E-state index in [0.717, 1.165) is 5.56 Å². The molecule has 140 valence electrons. The van der Waals surface area contributed by atoms with E-state index in [0.29, 0.717) is 14.5 Å². The summed E-state index contributed by atoms with van der Waals surface area (Å²) in [6, 6.07) is 7.92. The molecule has 0 unspecified atom stereocenters. The average Bonchev–Trinajstić information content (AvgIpc) is 2.65. The molecule has 0 aliphatic rings. The van der Waals surface area contributed by atoms with Crippen molar-refractivity contribution in [2.75, 3.05) is 7.11 Å². The van der Waals surface area contributed by atoms with Crippen molar-refractivity contribution in [1.82, 2.24) is 0 Å². The van der Waals surface area contributed by atoms with E-state index < -0.39 is 0 Å². The number of hydrogen-bond acceptors (Lipinski definition) is 5. The van der Waals surface area contributed by atoms with E-state index in [1.807, 2.05) is 0 Å². The summed E-state index contributed by atoms with van der Waals surface area (Å²) in [5.74, 6) is -0.346. The van der Waals surface area contributed by atoms with E-state index in [2.05, 4.69) is 31.9 Å². The van der Waals surface area contributed by atoms with Crippen LogP contribution in [-0.4, -0.2) is 28.9 Å². The van der Waals surface area contributed by atoms with Gasteiger partial charge in [-0.15, -0.1) is 0 Å². The fourth-order valence-electron chi connectivity index (χ4n) is 2.14. The average molecular weight is 496 g/mol. The highest BCUT2D eigenvalue weighted by Crippen LogP contribution is 2.42. The van der Waals surface area contributed by atoms with Crippen molar-refractivity contribution < 1.29 is 24.5 Å². The fourth-order valence-corrected chi connectivity index (χ4v) is 2.99. The molecule has 0 heterocycles. The lowest BCUT2D eigenvalue weighted by molar-refractivity contribution is -0.121. The zero-order valence-corrected chi connectivity index (χ0v) is 17.5. The van der Waals surface area contributed by atoms with Gasteiger partial charge in [0.05, 0.1) is 18.0 Å². The van der Waals surface area contributed by atoms with Crippen LogP contribution in [0.4, 0.5) is 0 Å². The number of ether oxygens (including phenoxy) is 1. The summed E-state index contributed by atoms with van der Waals surface area (Å²) in [4.78, 5) is 23.9. The molecule has 2 rings (SSSR count). The standard InChI is InChI=1S/C20H16Br2O5/c1-27-17-10-13(18(21)19(22)20(17)26)5-9-16(25)11-15(24)8-4-12-2-6-14(23)7-3-12/h2-10,23,26H,11H2,1H3. The number of aromatic hydroxyl groups is 2. The summed E-state index contributed by atoms with van der Waals surface area (Å²) in [7, 11) is 1.42. The Morgan fingerprint density at radius 3 is 2.19 bits per heavy atom. The van der Waals surface area contributed by atoms with Crippen LogP contribution in [0.3, 0.4) is 0 Å². The summed E-state index contributed by atoms with van der Waals surface area (Å²) in [5.41, 5.74) is 1.35. The van der Waals surface area contributed by atoms with Gasteiger partial charge in [0, 0.05) is 4.47 Å². The number of carbonyl (C=O) groups is 2. The lowest BCUT2D eigenvalue weighted by atomic mass is 10.1. The molecule has 5 nitrogen and oxygen atoms in total. The first-order chi connectivity index (χ1) is 12.8. The first-order valence-electron chi connectivity index (χ1n) is 7.77. The van der Waals surface area contributed by atoms with Gasteiger partial charge >= 0.3 is 0 Å². The maximum atomic E-state index is 12.0. The highest BCUT2D eigenvalue weighted by Gasteiger charge is 2.13. The Kier molecular flexibility index (Phi) is 7.38. The van der Waals surface area contributed by atoms with E-state index in [9.17, 15) is 19.8 Å². The zero-order valence-electron chi connectivity index (χ0n) is 14.3. The van der Waals surface area contributed by atoms with Crippen LogP contribution in [0.25, 0.3) is 12.2 Å². The largest absolute Gasteiger partial charge is 0.508 e. The van der Waals surface area contributed by atoms with E-state index in [1.165, 1.54) is 37.5 Å². The first kappa shape index (κ1) is 20.9. The van der Waals surface area contributed by atoms with Crippen molar-refractivity contribution in [2.24, 2.45) is 0 Å². The van der Waals surface area contributed by atoms with Crippen molar-refractivity contribution in [3.63, 3.8) is 0 Å². The third-order valence-corrected chi connectivity index (χ3v) is 5.70. The first-order valence-corrected chi connectivity index (χ1v) is 9.36. The Balaban J connectivity index is 2.03.